The van der Waals surface area contributed by atoms with Gasteiger partial charge in [-0.2, -0.15) is 0 Å². The maximum atomic E-state index is 5.73. The molecule has 0 saturated carbocycles. The lowest BCUT2D eigenvalue weighted by molar-refractivity contribution is 0.301. The standard InChI is InChI=1S/C14H16BrNO2/c1-2-16-9-14-11(6-7-17-14)10-18-13-5-3-4-12(15)8-13/h3-8,16H,2,9-10H2,1H3. The predicted octanol–water partition coefficient (Wildman–Crippen LogP) is 3.73. The molecule has 0 aliphatic heterocycles. The zero-order valence-electron chi connectivity index (χ0n) is 10.3. The lowest BCUT2D eigenvalue weighted by atomic mass is 10.2. The number of benzene rings is 1. The van der Waals surface area contributed by atoms with Gasteiger partial charge in [0.05, 0.1) is 12.8 Å². The molecule has 1 heterocycles. The zero-order valence-corrected chi connectivity index (χ0v) is 11.9. The highest BCUT2D eigenvalue weighted by Crippen LogP contribution is 2.20. The monoisotopic (exact) mass is 309 g/mol. The van der Waals surface area contributed by atoms with E-state index in [0.29, 0.717) is 6.61 Å². The van der Waals surface area contributed by atoms with E-state index in [2.05, 4.69) is 28.2 Å². The number of halogens is 1. The number of rotatable bonds is 6. The summed E-state index contributed by atoms with van der Waals surface area (Å²) in [5.74, 6) is 1.78. The summed E-state index contributed by atoms with van der Waals surface area (Å²) in [5, 5.41) is 3.24. The number of furan rings is 1. The fourth-order valence-corrected chi connectivity index (χ4v) is 1.99. The summed E-state index contributed by atoms with van der Waals surface area (Å²) in [6, 6.07) is 9.76. The predicted molar refractivity (Wildman–Crippen MR) is 74.6 cm³/mol. The molecule has 2 rings (SSSR count). The smallest absolute Gasteiger partial charge is 0.124 e. The van der Waals surface area contributed by atoms with Gasteiger partial charge in [0.15, 0.2) is 0 Å². The van der Waals surface area contributed by atoms with Gasteiger partial charge in [0.2, 0.25) is 0 Å². The second-order valence-electron chi connectivity index (χ2n) is 3.90. The third-order valence-corrected chi connectivity index (χ3v) is 3.06. The summed E-state index contributed by atoms with van der Waals surface area (Å²) in [4.78, 5) is 0. The van der Waals surface area contributed by atoms with Gasteiger partial charge in [-0.05, 0) is 30.8 Å². The fourth-order valence-electron chi connectivity index (χ4n) is 1.61. The molecule has 0 bridgehead atoms. The summed E-state index contributed by atoms with van der Waals surface area (Å²) >= 11 is 3.42. The molecule has 96 valence electrons. The van der Waals surface area contributed by atoms with E-state index in [1.165, 1.54) is 0 Å². The summed E-state index contributed by atoms with van der Waals surface area (Å²) in [7, 11) is 0. The van der Waals surface area contributed by atoms with Gasteiger partial charge in [-0.15, -0.1) is 0 Å². The molecule has 2 aromatic rings. The lowest BCUT2D eigenvalue weighted by Gasteiger charge is -2.07. The van der Waals surface area contributed by atoms with E-state index in [1.54, 1.807) is 6.26 Å². The number of hydrogen-bond donors (Lipinski definition) is 1. The van der Waals surface area contributed by atoms with Gasteiger partial charge in [-0.1, -0.05) is 28.9 Å². The van der Waals surface area contributed by atoms with Crippen LogP contribution >= 0.6 is 15.9 Å². The van der Waals surface area contributed by atoms with Gasteiger partial charge < -0.3 is 14.5 Å². The van der Waals surface area contributed by atoms with Gasteiger partial charge in [0, 0.05) is 10.0 Å². The van der Waals surface area contributed by atoms with Gasteiger partial charge in [-0.3, -0.25) is 0 Å². The quantitative estimate of drug-likeness (QED) is 0.883. The Morgan fingerprint density at radius 1 is 1.33 bits per heavy atom. The molecule has 0 unspecified atom stereocenters. The van der Waals surface area contributed by atoms with Crippen molar-refractivity contribution in [3.63, 3.8) is 0 Å². The van der Waals surface area contributed by atoms with Crippen LogP contribution in [0.4, 0.5) is 0 Å². The molecule has 1 aromatic carbocycles. The van der Waals surface area contributed by atoms with Gasteiger partial charge in [0.25, 0.3) is 0 Å². The molecule has 4 heteroatoms. The van der Waals surface area contributed by atoms with Crippen LogP contribution in [0.25, 0.3) is 0 Å². The Balaban J connectivity index is 1.95. The molecule has 3 nitrogen and oxygen atoms in total. The van der Waals surface area contributed by atoms with Crippen LogP contribution in [-0.4, -0.2) is 6.54 Å². The summed E-state index contributed by atoms with van der Waals surface area (Å²) in [6.45, 7) is 4.25. The minimum absolute atomic E-state index is 0.522. The second-order valence-corrected chi connectivity index (χ2v) is 4.81. The number of nitrogens with one attached hydrogen (secondary N) is 1. The van der Waals surface area contributed by atoms with Crippen LogP contribution in [0.2, 0.25) is 0 Å². The summed E-state index contributed by atoms with van der Waals surface area (Å²) < 4.78 is 12.2. The van der Waals surface area contributed by atoms with Gasteiger partial charge in [0.1, 0.15) is 18.1 Å². The largest absolute Gasteiger partial charge is 0.489 e. The van der Waals surface area contributed by atoms with Crippen molar-refractivity contribution in [2.24, 2.45) is 0 Å². The van der Waals surface area contributed by atoms with Crippen molar-refractivity contribution in [3.8, 4) is 5.75 Å². The molecule has 0 saturated heterocycles. The highest BCUT2D eigenvalue weighted by molar-refractivity contribution is 9.10. The molecule has 0 fully saturated rings. The maximum Gasteiger partial charge on any atom is 0.124 e. The Bertz CT molecular complexity index is 496. The number of ether oxygens (including phenoxy) is 1. The van der Waals surface area contributed by atoms with Crippen molar-refractivity contribution in [1.82, 2.24) is 5.32 Å². The van der Waals surface area contributed by atoms with Gasteiger partial charge in [-0.25, -0.2) is 0 Å². The maximum absolute atomic E-state index is 5.73. The lowest BCUT2D eigenvalue weighted by Crippen LogP contribution is -2.12. The Labute approximate surface area is 115 Å². The van der Waals surface area contributed by atoms with Crippen molar-refractivity contribution < 1.29 is 9.15 Å². The molecular weight excluding hydrogens is 294 g/mol. The summed E-state index contributed by atoms with van der Waals surface area (Å²) in [5.41, 5.74) is 1.08. The first-order chi connectivity index (χ1) is 8.79. The fraction of sp³-hybridized carbons (Fsp3) is 0.286. The van der Waals surface area contributed by atoms with Crippen LogP contribution in [0, 0.1) is 0 Å². The molecule has 0 aliphatic carbocycles. The molecular formula is C14H16BrNO2. The van der Waals surface area contributed by atoms with E-state index >= 15 is 0 Å². The zero-order chi connectivity index (χ0) is 12.8. The van der Waals surface area contributed by atoms with E-state index in [0.717, 1.165) is 34.6 Å². The van der Waals surface area contributed by atoms with E-state index in [4.69, 9.17) is 9.15 Å². The molecule has 0 spiro atoms. The van der Waals surface area contributed by atoms with Crippen LogP contribution in [0.1, 0.15) is 18.2 Å². The first-order valence-electron chi connectivity index (χ1n) is 5.94. The van der Waals surface area contributed by atoms with Crippen molar-refractivity contribution in [2.75, 3.05) is 6.54 Å². The van der Waals surface area contributed by atoms with E-state index in [9.17, 15) is 0 Å². The molecule has 0 aliphatic rings. The molecule has 0 radical (unpaired) electrons. The number of hydrogen-bond acceptors (Lipinski definition) is 3. The second kappa shape index (κ2) is 6.61. The van der Waals surface area contributed by atoms with E-state index < -0.39 is 0 Å². The average Bonchev–Trinajstić information content (AvgIpc) is 2.81. The first-order valence-corrected chi connectivity index (χ1v) is 6.73. The van der Waals surface area contributed by atoms with Crippen LogP contribution in [0.15, 0.2) is 45.5 Å². The van der Waals surface area contributed by atoms with Crippen molar-refractivity contribution in [3.05, 3.63) is 52.4 Å². The molecule has 18 heavy (non-hydrogen) atoms. The minimum Gasteiger partial charge on any atom is -0.489 e. The average molecular weight is 310 g/mol. The van der Waals surface area contributed by atoms with Crippen molar-refractivity contribution in [1.29, 1.82) is 0 Å². The molecule has 0 atom stereocenters. The van der Waals surface area contributed by atoms with E-state index in [-0.39, 0.29) is 0 Å². The Kier molecular flexibility index (Phi) is 4.84. The topological polar surface area (TPSA) is 34.4 Å². The van der Waals surface area contributed by atoms with Crippen molar-refractivity contribution >= 4 is 15.9 Å². The van der Waals surface area contributed by atoms with Crippen molar-refractivity contribution in [2.45, 2.75) is 20.1 Å². The molecule has 1 aromatic heterocycles. The Hall–Kier alpha value is -1.26. The van der Waals surface area contributed by atoms with Crippen LogP contribution < -0.4 is 10.1 Å². The molecule has 1 N–H and O–H groups in total. The van der Waals surface area contributed by atoms with E-state index in [1.807, 2.05) is 30.3 Å². The Morgan fingerprint density at radius 2 is 2.22 bits per heavy atom. The first kappa shape index (κ1) is 13.2. The normalized spacial score (nSPS) is 10.6. The summed E-state index contributed by atoms with van der Waals surface area (Å²) in [6.07, 6.45) is 1.70. The third-order valence-electron chi connectivity index (χ3n) is 2.56. The van der Waals surface area contributed by atoms with Crippen LogP contribution in [-0.2, 0) is 13.2 Å². The van der Waals surface area contributed by atoms with Gasteiger partial charge >= 0.3 is 0 Å². The van der Waals surface area contributed by atoms with Crippen LogP contribution in [0.3, 0.4) is 0 Å². The minimum atomic E-state index is 0.522. The highest BCUT2D eigenvalue weighted by atomic mass is 79.9. The molecule has 0 amide bonds. The Morgan fingerprint density at radius 3 is 3.00 bits per heavy atom. The SMILES string of the molecule is CCNCc1occc1COc1cccc(Br)c1. The highest BCUT2D eigenvalue weighted by Gasteiger charge is 2.06. The third kappa shape index (κ3) is 3.62. The van der Waals surface area contributed by atoms with Crippen LogP contribution in [0.5, 0.6) is 5.75 Å².